The molecular weight excluding hydrogens is 232 g/mol. The molecule has 2 aliphatic rings. The van der Waals surface area contributed by atoms with Gasteiger partial charge in [0.2, 0.25) is 0 Å². The lowest BCUT2D eigenvalue weighted by Crippen LogP contribution is -2.28. The first-order chi connectivity index (χ1) is 8.74. The van der Waals surface area contributed by atoms with E-state index in [-0.39, 0.29) is 12.7 Å². The van der Waals surface area contributed by atoms with E-state index < -0.39 is 5.97 Å². The number of aliphatic carboxylic acids is 1. The normalized spacial score (nSPS) is 30.2. The van der Waals surface area contributed by atoms with E-state index in [1.165, 1.54) is 0 Å². The van der Waals surface area contributed by atoms with Gasteiger partial charge in [-0.1, -0.05) is 12.8 Å². The molecule has 4 heteroatoms. The maximum absolute atomic E-state index is 10.5. The van der Waals surface area contributed by atoms with Gasteiger partial charge in [-0.2, -0.15) is 0 Å². The van der Waals surface area contributed by atoms with Crippen LogP contribution < -0.4 is 5.11 Å². The van der Waals surface area contributed by atoms with Crippen LogP contribution in [0.4, 0.5) is 0 Å². The van der Waals surface area contributed by atoms with Crippen LogP contribution in [0.2, 0.25) is 0 Å². The van der Waals surface area contributed by atoms with E-state index in [4.69, 9.17) is 9.47 Å². The highest BCUT2D eigenvalue weighted by molar-refractivity contribution is 5.64. The maximum atomic E-state index is 10.5. The Morgan fingerprint density at radius 1 is 1.00 bits per heavy atom. The van der Waals surface area contributed by atoms with Crippen LogP contribution in [-0.4, -0.2) is 25.5 Å². The number of carbonyl (C=O) groups is 1. The van der Waals surface area contributed by atoms with Crippen LogP contribution >= 0.6 is 0 Å². The summed E-state index contributed by atoms with van der Waals surface area (Å²) in [5.41, 5.74) is 0. The molecule has 104 valence electrons. The quantitative estimate of drug-likeness (QED) is 0.746. The van der Waals surface area contributed by atoms with Crippen LogP contribution in [0, 0.1) is 11.8 Å². The van der Waals surface area contributed by atoms with E-state index in [9.17, 15) is 9.90 Å². The highest BCUT2D eigenvalue weighted by Gasteiger charge is 2.23. The summed E-state index contributed by atoms with van der Waals surface area (Å²) >= 11 is 0. The number of hydrogen-bond donors (Lipinski definition) is 0. The minimum atomic E-state index is -0.901. The highest BCUT2D eigenvalue weighted by atomic mass is 16.7. The van der Waals surface area contributed by atoms with Crippen LogP contribution in [0.25, 0.3) is 0 Å². The van der Waals surface area contributed by atoms with Gasteiger partial charge in [0.1, 0.15) is 0 Å². The molecule has 2 fully saturated rings. The Bertz CT molecular complexity index is 253. The van der Waals surface area contributed by atoms with Crippen molar-refractivity contribution in [3.8, 4) is 0 Å². The average molecular weight is 255 g/mol. The minimum Gasteiger partial charge on any atom is -0.550 e. The van der Waals surface area contributed by atoms with E-state index in [2.05, 4.69) is 0 Å². The van der Waals surface area contributed by atoms with Gasteiger partial charge in [-0.25, -0.2) is 0 Å². The first kappa shape index (κ1) is 13.8. The fourth-order valence-corrected chi connectivity index (χ4v) is 3.04. The third-order valence-corrected chi connectivity index (χ3v) is 4.13. The second-order valence-electron chi connectivity index (χ2n) is 5.56. The van der Waals surface area contributed by atoms with Gasteiger partial charge in [-0.3, -0.25) is 0 Å². The molecule has 18 heavy (non-hydrogen) atoms. The molecule has 1 heterocycles. The molecule has 0 atom stereocenters. The second-order valence-corrected chi connectivity index (χ2v) is 5.56. The van der Waals surface area contributed by atoms with Gasteiger partial charge in [0, 0.05) is 5.97 Å². The molecule has 1 saturated heterocycles. The zero-order chi connectivity index (χ0) is 12.8. The van der Waals surface area contributed by atoms with Gasteiger partial charge in [0.05, 0.1) is 13.2 Å². The topological polar surface area (TPSA) is 58.6 Å². The summed E-state index contributed by atoms with van der Waals surface area (Å²) in [7, 11) is 0. The van der Waals surface area contributed by atoms with Gasteiger partial charge in [-0.05, 0) is 50.4 Å². The smallest absolute Gasteiger partial charge is 0.157 e. The number of ether oxygens (including phenoxy) is 2. The first-order valence-electron chi connectivity index (χ1n) is 7.17. The lowest BCUT2D eigenvalue weighted by atomic mass is 9.79. The van der Waals surface area contributed by atoms with Crippen LogP contribution in [0.3, 0.4) is 0 Å². The Kier molecular flexibility index (Phi) is 5.45. The van der Waals surface area contributed by atoms with Crippen LogP contribution in [0.5, 0.6) is 0 Å². The van der Waals surface area contributed by atoms with Crippen molar-refractivity contribution < 1.29 is 19.4 Å². The van der Waals surface area contributed by atoms with E-state index in [1.54, 1.807) is 0 Å². The van der Waals surface area contributed by atoms with Crippen molar-refractivity contribution in [1.29, 1.82) is 0 Å². The number of carboxylic acid groups (broad SMARTS) is 1. The molecular formula is C14H23O4-. The van der Waals surface area contributed by atoms with Gasteiger partial charge in [0.15, 0.2) is 6.29 Å². The fraction of sp³-hybridized carbons (Fsp3) is 0.929. The Hall–Kier alpha value is -0.610. The minimum absolute atomic E-state index is 0.000284. The van der Waals surface area contributed by atoms with Crippen molar-refractivity contribution >= 4 is 5.97 Å². The lowest BCUT2D eigenvalue weighted by molar-refractivity contribution is -0.307. The Balaban J connectivity index is 1.59. The molecule has 0 N–H and O–H groups in total. The predicted molar refractivity (Wildman–Crippen MR) is 64.6 cm³/mol. The highest BCUT2D eigenvalue weighted by Crippen LogP contribution is 2.33. The van der Waals surface area contributed by atoms with E-state index in [0.29, 0.717) is 5.92 Å². The third kappa shape index (κ3) is 4.58. The zero-order valence-electron chi connectivity index (χ0n) is 10.9. The van der Waals surface area contributed by atoms with Crippen molar-refractivity contribution in [1.82, 2.24) is 0 Å². The van der Waals surface area contributed by atoms with Gasteiger partial charge >= 0.3 is 0 Å². The molecule has 0 radical (unpaired) electrons. The van der Waals surface area contributed by atoms with Gasteiger partial charge in [-0.15, -0.1) is 0 Å². The van der Waals surface area contributed by atoms with Crippen LogP contribution in [0.15, 0.2) is 0 Å². The largest absolute Gasteiger partial charge is 0.550 e. The number of rotatable bonds is 5. The number of hydrogen-bond acceptors (Lipinski definition) is 4. The molecule has 0 spiro atoms. The SMILES string of the molecule is O=C([O-])CC1CCC(CCC2OCCCO2)CC1. The molecule has 0 aromatic heterocycles. The van der Waals surface area contributed by atoms with Crippen molar-refractivity contribution in [3.05, 3.63) is 0 Å². The molecule has 1 aliphatic carbocycles. The summed E-state index contributed by atoms with van der Waals surface area (Å²) in [6.07, 6.45) is 7.72. The molecule has 0 amide bonds. The number of carboxylic acids is 1. The summed E-state index contributed by atoms with van der Waals surface area (Å²) in [6, 6.07) is 0. The van der Waals surface area contributed by atoms with Crippen LogP contribution in [-0.2, 0) is 14.3 Å². The summed E-state index contributed by atoms with van der Waals surface area (Å²) in [5, 5.41) is 10.5. The molecule has 2 rings (SSSR count). The first-order valence-corrected chi connectivity index (χ1v) is 7.17. The molecule has 1 saturated carbocycles. The predicted octanol–water partition coefficient (Wildman–Crippen LogP) is 1.48. The third-order valence-electron chi connectivity index (χ3n) is 4.13. The summed E-state index contributed by atoms with van der Waals surface area (Å²) < 4.78 is 11.1. The zero-order valence-corrected chi connectivity index (χ0v) is 10.9. The maximum Gasteiger partial charge on any atom is 0.157 e. The average Bonchev–Trinajstić information content (AvgIpc) is 2.38. The van der Waals surface area contributed by atoms with E-state index in [0.717, 1.165) is 64.1 Å². The van der Waals surface area contributed by atoms with E-state index in [1.807, 2.05) is 0 Å². The standard InChI is InChI=1S/C14H24O4/c15-13(16)10-12-4-2-11(3-5-12)6-7-14-17-8-1-9-18-14/h11-12,14H,1-10H2,(H,15,16)/p-1. The Morgan fingerprint density at radius 3 is 2.22 bits per heavy atom. The molecule has 4 nitrogen and oxygen atoms in total. The molecule has 0 bridgehead atoms. The fourth-order valence-electron chi connectivity index (χ4n) is 3.04. The summed E-state index contributed by atoms with van der Waals surface area (Å²) in [5.74, 6) is 0.160. The van der Waals surface area contributed by atoms with Crippen molar-refractivity contribution in [3.63, 3.8) is 0 Å². The van der Waals surface area contributed by atoms with Crippen LogP contribution in [0.1, 0.15) is 51.4 Å². The van der Waals surface area contributed by atoms with Crippen molar-refractivity contribution in [2.24, 2.45) is 11.8 Å². The van der Waals surface area contributed by atoms with E-state index >= 15 is 0 Å². The summed E-state index contributed by atoms with van der Waals surface area (Å²) in [6.45, 7) is 1.64. The van der Waals surface area contributed by atoms with Crippen molar-refractivity contribution in [2.45, 2.75) is 57.7 Å². The summed E-state index contributed by atoms with van der Waals surface area (Å²) in [4.78, 5) is 10.5. The van der Waals surface area contributed by atoms with Crippen molar-refractivity contribution in [2.75, 3.05) is 13.2 Å². The number of carbonyl (C=O) groups excluding carboxylic acids is 1. The monoisotopic (exact) mass is 255 g/mol. The van der Waals surface area contributed by atoms with Gasteiger partial charge < -0.3 is 19.4 Å². The molecule has 1 aliphatic heterocycles. The molecule has 0 aromatic carbocycles. The lowest BCUT2D eigenvalue weighted by Gasteiger charge is -2.30. The Morgan fingerprint density at radius 2 is 1.61 bits per heavy atom. The van der Waals surface area contributed by atoms with Gasteiger partial charge in [0.25, 0.3) is 0 Å². The molecule has 0 aromatic rings. The second kappa shape index (κ2) is 7.10. The molecule has 0 unspecified atom stereocenters. The Labute approximate surface area is 109 Å².